The van der Waals surface area contributed by atoms with Gasteiger partial charge in [0.2, 0.25) is 0 Å². The molecule has 1 atom stereocenters. The van der Waals surface area contributed by atoms with Crippen LogP contribution in [0, 0.1) is 6.92 Å². The van der Waals surface area contributed by atoms with Crippen molar-refractivity contribution in [1.29, 1.82) is 0 Å². The maximum atomic E-state index is 12.8. The molecule has 0 N–H and O–H groups in total. The average molecular weight is 404 g/mol. The van der Waals surface area contributed by atoms with Crippen molar-refractivity contribution >= 4 is 21.7 Å². The monoisotopic (exact) mass is 404 g/mol. The lowest BCUT2D eigenvalue weighted by molar-refractivity contribution is 0.0524. The summed E-state index contributed by atoms with van der Waals surface area (Å²) in [6.07, 6.45) is 1.15. The Morgan fingerprint density at radius 2 is 1.75 bits per heavy atom. The second-order valence-corrected chi connectivity index (χ2v) is 8.50. The summed E-state index contributed by atoms with van der Waals surface area (Å²) in [4.78, 5) is 30.7. The van der Waals surface area contributed by atoms with E-state index in [0.29, 0.717) is 11.3 Å². The summed E-state index contributed by atoms with van der Waals surface area (Å²) >= 11 is 0. The van der Waals surface area contributed by atoms with E-state index in [1.165, 1.54) is 29.2 Å². The second kappa shape index (κ2) is 8.52. The molecule has 1 aromatic heterocycles. The van der Waals surface area contributed by atoms with Crippen molar-refractivity contribution in [3.63, 3.8) is 0 Å². The van der Waals surface area contributed by atoms with Crippen LogP contribution in [0.5, 0.6) is 0 Å². The van der Waals surface area contributed by atoms with Gasteiger partial charge in [0.1, 0.15) is 5.69 Å². The van der Waals surface area contributed by atoms with Crippen LogP contribution in [-0.4, -0.2) is 50.1 Å². The molecular formula is C20H24N2O5S. The topological polar surface area (TPSA) is 93.6 Å². The van der Waals surface area contributed by atoms with E-state index in [2.05, 4.69) is 4.98 Å². The van der Waals surface area contributed by atoms with E-state index in [9.17, 15) is 18.0 Å². The van der Waals surface area contributed by atoms with Gasteiger partial charge in [-0.1, -0.05) is 12.1 Å². The lowest BCUT2D eigenvalue weighted by atomic mass is 10.1. The Morgan fingerprint density at radius 1 is 1.14 bits per heavy atom. The maximum Gasteiger partial charge on any atom is 0.339 e. The zero-order valence-corrected chi connectivity index (χ0v) is 17.4. The van der Waals surface area contributed by atoms with Gasteiger partial charge in [-0.3, -0.25) is 4.79 Å². The molecule has 0 aliphatic heterocycles. The van der Waals surface area contributed by atoms with Gasteiger partial charge in [-0.15, -0.1) is 0 Å². The molecule has 2 aromatic rings. The number of hydrogen-bond donors (Lipinski definition) is 0. The van der Waals surface area contributed by atoms with E-state index in [1.54, 1.807) is 33.0 Å². The molecule has 1 heterocycles. The Hall–Kier alpha value is -2.74. The van der Waals surface area contributed by atoms with Crippen LogP contribution < -0.4 is 0 Å². The molecule has 0 saturated heterocycles. The van der Waals surface area contributed by atoms with Gasteiger partial charge in [0.15, 0.2) is 9.84 Å². The Bertz CT molecular complexity index is 984. The number of carbonyl (C=O) groups is 2. The molecule has 0 radical (unpaired) electrons. The summed E-state index contributed by atoms with van der Waals surface area (Å²) in [5.41, 5.74) is 1.75. The van der Waals surface area contributed by atoms with E-state index < -0.39 is 15.8 Å². The summed E-state index contributed by atoms with van der Waals surface area (Å²) in [6, 6.07) is 9.16. The minimum absolute atomic E-state index is 0.215. The van der Waals surface area contributed by atoms with Crippen LogP contribution in [0.4, 0.5) is 0 Å². The molecule has 0 saturated carbocycles. The number of amides is 1. The summed E-state index contributed by atoms with van der Waals surface area (Å²) in [5, 5.41) is 0. The third-order valence-corrected chi connectivity index (χ3v) is 5.62. The Labute approximate surface area is 165 Å². The van der Waals surface area contributed by atoms with E-state index in [-0.39, 0.29) is 29.1 Å². The molecule has 0 fully saturated rings. The third-order valence-electron chi connectivity index (χ3n) is 4.49. The van der Waals surface area contributed by atoms with Crippen LogP contribution >= 0.6 is 0 Å². The van der Waals surface area contributed by atoms with Crippen LogP contribution in [0.3, 0.4) is 0 Å². The first-order valence-corrected chi connectivity index (χ1v) is 10.7. The van der Waals surface area contributed by atoms with Crippen molar-refractivity contribution in [2.75, 3.05) is 19.9 Å². The first-order valence-electron chi connectivity index (χ1n) is 8.78. The highest BCUT2D eigenvalue weighted by atomic mass is 32.2. The largest absolute Gasteiger partial charge is 0.462 e. The van der Waals surface area contributed by atoms with Crippen molar-refractivity contribution in [3.05, 3.63) is 58.9 Å². The zero-order valence-electron chi connectivity index (χ0n) is 16.6. The summed E-state index contributed by atoms with van der Waals surface area (Å²) in [5.74, 6) is -0.780. The fraction of sp³-hybridized carbons (Fsp3) is 0.350. The van der Waals surface area contributed by atoms with Crippen molar-refractivity contribution in [2.45, 2.75) is 31.7 Å². The van der Waals surface area contributed by atoms with Crippen LogP contribution in [0.15, 0.2) is 41.3 Å². The van der Waals surface area contributed by atoms with Crippen LogP contribution in [-0.2, 0) is 14.6 Å². The highest BCUT2D eigenvalue weighted by Crippen LogP contribution is 2.22. The Kier molecular flexibility index (Phi) is 6.56. The van der Waals surface area contributed by atoms with E-state index in [1.807, 2.05) is 6.92 Å². The highest BCUT2D eigenvalue weighted by molar-refractivity contribution is 7.90. The number of pyridine rings is 1. The molecule has 150 valence electrons. The first kappa shape index (κ1) is 21.6. The molecule has 0 aliphatic rings. The molecule has 1 unspecified atom stereocenters. The lowest BCUT2D eigenvalue weighted by Gasteiger charge is -2.25. The number of sulfone groups is 1. The lowest BCUT2D eigenvalue weighted by Crippen LogP contribution is -2.30. The maximum absolute atomic E-state index is 12.8. The number of ether oxygens (including phenoxy) is 1. The number of aromatic nitrogens is 1. The van der Waals surface area contributed by atoms with Gasteiger partial charge in [-0.25, -0.2) is 18.2 Å². The number of hydrogen-bond acceptors (Lipinski definition) is 6. The third kappa shape index (κ3) is 4.75. The molecule has 0 spiro atoms. The van der Waals surface area contributed by atoms with Gasteiger partial charge < -0.3 is 9.64 Å². The number of carbonyl (C=O) groups excluding carboxylic acids is 2. The van der Waals surface area contributed by atoms with Gasteiger partial charge in [0, 0.05) is 13.3 Å². The van der Waals surface area contributed by atoms with Gasteiger partial charge >= 0.3 is 5.97 Å². The molecule has 2 rings (SSSR count). The number of nitrogens with zero attached hydrogens (tertiary/aromatic N) is 2. The van der Waals surface area contributed by atoms with Gasteiger partial charge in [-0.05, 0) is 50.6 Å². The fourth-order valence-corrected chi connectivity index (χ4v) is 3.31. The van der Waals surface area contributed by atoms with Crippen molar-refractivity contribution < 1.29 is 22.7 Å². The first-order chi connectivity index (χ1) is 13.1. The van der Waals surface area contributed by atoms with Crippen molar-refractivity contribution in [2.24, 2.45) is 0 Å². The predicted molar refractivity (Wildman–Crippen MR) is 105 cm³/mol. The zero-order chi connectivity index (χ0) is 21.1. The Morgan fingerprint density at radius 3 is 2.25 bits per heavy atom. The SMILES string of the molecule is CCOC(=O)c1ccc(C(=O)N(C)C(C)c2ccc(S(C)(=O)=O)cc2)nc1C. The van der Waals surface area contributed by atoms with Crippen LogP contribution in [0.2, 0.25) is 0 Å². The highest BCUT2D eigenvalue weighted by Gasteiger charge is 2.22. The number of esters is 1. The number of aryl methyl sites for hydroxylation is 1. The fourth-order valence-electron chi connectivity index (χ4n) is 2.68. The molecule has 0 bridgehead atoms. The summed E-state index contributed by atoms with van der Waals surface area (Å²) in [7, 11) is -1.63. The smallest absolute Gasteiger partial charge is 0.339 e. The molecule has 28 heavy (non-hydrogen) atoms. The van der Waals surface area contributed by atoms with Crippen LogP contribution in [0.25, 0.3) is 0 Å². The molecule has 1 amide bonds. The molecule has 1 aromatic carbocycles. The van der Waals surface area contributed by atoms with Gasteiger partial charge in [-0.2, -0.15) is 0 Å². The van der Waals surface area contributed by atoms with Crippen molar-refractivity contribution in [1.82, 2.24) is 9.88 Å². The summed E-state index contributed by atoms with van der Waals surface area (Å²) < 4.78 is 28.1. The molecule has 0 aliphatic carbocycles. The molecule has 7 nitrogen and oxygen atoms in total. The molecule has 8 heteroatoms. The van der Waals surface area contributed by atoms with E-state index in [4.69, 9.17) is 4.74 Å². The molecular weight excluding hydrogens is 380 g/mol. The van der Waals surface area contributed by atoms with E-state index in [0.717, 1.165) is 11.8 Å². The minimum atomic E-state index is -3.27. The average Bonchev–Trinajstić information content (AvgIpc) is 2.65. The number of benzene rings is 1. The van der Waals surface area contributed by atoms with E-state index >= 15 is 0 Å². The predicted octanol–water partition coefficient (Wildman–Crippen LogP) is 2.80. The standard InChI is InChI=1S/C20H24N2O5S/c1-6-27-20(24)17-11-12-18(21-13(17)2)19(23)22(4)14(3)15-7-9-16(10-8-15)28(5,25)26/h7-12,14H,6H2,1-5H3. The van der Waals surface area contributed by atoms with Crippen molar-refractivity contribution in [3.8, 4) is 0 Å². The second-order valence-electron chi connectivity index (χ2n) is 6.48. The normalized spacial score (nSPS) is 12.3. The van der Waals surface area contributed by atoms with Gasteiger partial charge in [0.05, 0.1) is 28.8 Å². The number of rotatable bonds is 6. The Balaban J connectivity index is 2.21. The van der Waals surface area contributed by atoms with Gasteiger partial charge in [0.25, 0.3) is 5.91 Å². The quantitative estimate of drug-likeness (QED) is 0.687. The summed E-state index contributed by atoms with van der Waals surface area (Å²) in [6.45, 7) is 5.47. The van der Waals surface area contributed by atoms with Crippen LogP contribution in [0.1, 0.15) is 52.0 Å². The minimum Gasteiger partial charge on any atom is -0.462 e.